The molecule has 20 heavy (non-hydrogen) atoms. The topological polar surface area (TPSA) is 104 Å². The molecule has 7 nitrogen and oxygen atoms in total. The first kappa shape index (κ1) is 14.6. The van der Waals surface area contributed by atoms with E-state index in [1.54, 1.807) is 13.8 Å². The average Bonchev–Trinajstić information content (AvgIpc) is 2.94. The molecule has 0 saturated carbocycles. The summed E-state index contributed by atoms with van der Waals surface area (Å²) in [6, 6.07) is -0.308. The third-order valence-corrected chi connectivity index (χ3v) is 4.67. The summed E-state index contributed by atoms with van der Waals surface area (Å²) in [6.07, 6.45) is 1.65. The van der Waals surface area contributed by atoms with Crippen LogP contribution in [0.3, 0.4) is 0 Å². The van der Waals surface area contributed by atoms with Crippen LogP contribution in [0.15, 0.2) is 0 Å². The van der Waals surface area contributed by atoms with Gasteiger partial charge in [0.2, 0.25) is 5.91 Å². The van der Waals surface area contributed by atoms with E-state index >= 15 is 0 Å². The number of primary amides is 1. The zero-order chi connectivity index (χ0) is 15.1. The Balaban J connectivity index is 2.13. The van der Waals surface area contributed by atoms with Gasteiger partial charge >= 0.3 is 12.0 Å². The molecule has 0 radical (unpaired) electrons. The molecule has 2 unspecified atom stereocenters. The van der Waals surface area contributed by atoms with Crippen molar-refractivity contribution in [3.05, 3.63) is 0 Å². The Bertz CT molecular complexity index is 467. The number of likely N-dealkylation sites (tertiary alicyclic amines) is 2. The zero-order valence-electron chi connectivity index (χ0n) is 11.9. The van der Waals surface area contributed by atoms with Crippen LogP contribution in [0.25, 0.3) is 0 Å². The Morgan fingerprint density at radius 3 is 2.30 bits per heavy atom. The van der Waals surface area contributed by atoms with Crippen LogP contribution in [0.2, 0.25) is 0 Å². The van der Waals surface area contributed by atoms with Gasteiger partial charge in [-0.05, 0) is 33.1 Å². The number of aliphatic carboxylic acids is 1. The number of carboxylic acids is 1. The second-order valence-electron chi connectivity index (χ2n) is 6.21. The summed E-state index contributed by atoms with van der Waals surface area (Å²) in [5, 5.41) is 9.34. The third kappa shape index (κ3) is 2.10. The van der Waals surface area contributed by atoms with Gasteiger partial charge in [-0.1, -0.05) is 0 Å². The Labute approximate surface area is 117 Å². The first-order valence-corrected chi connectivity index (χ1v) is 6.80. The lowest BCUT2D eigenvalue weighted by atomic mass is 9.89. The molecular formula is C13H21N3O4. The summed E-state index contributed by atoms with van der Waals surface area (Å²) in [6.45, 7) is 4.44. The van der Waals surface area contributed by atoms with Gasteiger partial charge in [0.15, 0.2) is 0 Å². The minimum atomic E-state index is -1.15. The van der Waals surface area contributed by atoms with Crippen LogP contribution >= 0.6 is 0 Å². The fourth-order valence-corrected chi connectivity index (χ4v) is 2.99. The molecule has 3 amide bonds. The van der Waals surface area contributed by atoms with E-state index in [4.69, 9.17) is 5.73 Å². The maximum atomic E-state index is 12.5. The lowest BCUT2D eigenvalue weighted by Gasteiger charge is -2.34. The minimum Gasteiger partial charge on any atom is -0.480 e. The highest BCUT2D eigenvalue weighted by Gasteiger charge is 2.49. The molecule has 0 aromatic carbocycles. The SMILES string of the molecule is CC1(C(N)=O)CCN(C(=O)N2CCCC2(C)C(=O)O)C1. The molecule has 0 aromatic heterocycles. The molecular weight excluding hydrogens is 262 g/mol. The van der Waals surface area contributed by atoms with Gasteiger partial charge in [0.25, 0.3) is 0 Å². The fraction of sp³-hybridized carbons (Fsp3) is 0.769. The molecule has 0 aromatic rings. The minimum absolute atomic E-state index is 0.257. The molecule has 112 valence electrons. The summed E-state index contributed by atoms with van der Waals surface area (Å²) < 4.78 is 0. The maximum Gasteiger partial charge on any atom is 0.329 e. The Morgan fingerprint density at radius 2 is 1.80 bits per heavy atom. The van der Waals surface area contributed by atoms with Crippen molar-refractivity contribution in [3.8, 4) is 0 Å². The largest absolute Gasteiger partial charge is 0.480 e. The summed E-state index contributed by atoms with van der Waals surface area (Å²) >= 11 is 0. The van der Waals surface area contributed by atoms with E-state index in [0.717, 1.165) is 0 Å². The molecule has 2 aliphatic heterocycles. The van der Waals surface area contributed by atoms with Gasteiger partial charge in [0, 0.05) is 19.6 Å². The monoisotopic (exact) mass is 283 g/mol. The van der Waals surface area contributed by atoms with Gasteiger partial charge in [-0.15, -0.1) is 0 Å². The highest BCUT2D eigenvalue weighted by atomic mass is 16.4. The van der Waals surface area contributed by atoms with Gasteiger partial charge in [-0.25, -0.2) is 9.59 Å². The number of hydrogen-bond acceptors (Lipinski definition) is 3. The third-order valence-electron chi connectivity index (χ3n) is 4.67. The second kappa shape index (κ2) is 4.64. The molecule has 2 rings (SSSR count). The van der Waals surface area contributed by atoms with E-state index in [9.17, 15) is 19.5 Å². The van der Waals surface area contributed by atoms with E-state index in [2.05, 4.69) is 0 Å². The quantitative estimate of drug-likeness (QED) is 0.757. The van der Waals surface area contributed by atoms with E-state index in [-0.39, 0.29) is 12.6 Å². The Morgan fingerprint density at radius 1 is 1.15 bits per heavy atom. The van der Waals surface area contributed by atoms with Gasteiger partial charge in [-0.2, -0.15) is 0 Å². The van der Waals surface area contributed by atoms with Crippen molar-refractivity contribution in [3.63, 3.8) is 0 Å². The Hall–Kier alpha value is -1.79. The van der Waals surface area contributed by atoms with Crippen LogP contribution < -0.4 is 5.73 Å². The van der Waals surface area contributed by atoms with E-state index < -0.39 is 22.8 Å². The number of nitrogens with zero attached hydrogens (tertiary/aromatic N) is 2. The van der Waals surface area contributed by atoms with Crippen LogP contribution in [0.5, 0.6) is 0 Å². The molecule has 7 heteroatoms. The number of hydrogen-bond donors (Lipinski definition) is 2. The van der Waals surface area contributed by atoms with E-state index in [1.165, 1.54) is 9.80 Å². The van der Waals surface area contributed by atoms with Gasteiger partial charge in [-0.3, -0.25) is 4.79 Å². The normalized spacial score (nSPS) is 33.5. The van der Waals surface area contributed by atoms with E-state index in [1.807, 2.05) is 0 Å². The fourth-order valence-electron chi connectivity index (χ4n) is 2.99. The molecule has 0 spiro atoms. The first-order chi connectivity index (χ1) is 9.20. The number of carbonyl (C=O) groups is 3. The molecule has 2 heterocycles. The summed E-state index contributed by atoms with van der Waals surface area (Å²) in [4.78, 5) is 38.3. The highest BCUT2D eigenvalue weighted by molar-refractivity contribution is 5.88. The lowest BCUT2D eigenvalue weighted by molar-refractivity contribution is -0.147. The molecule has 2 aliphatic rings. The van der Waals surface area contributed by atoms with Crippen molar-refractivity contribution in [2.24, 2.45) is 11.1 Å². The van der Waals surface area contributed by atoms with Crippen molar-refractivity contribution >= 4 is 17.9 Å². The van der Waals surface area contributed by atoms with Crippen molar-refractivity contribution in [1.29, 1.82) is 0 Å². The predicted molar refractivity (Wildman–Crippen MR) is 70.9 cm³/mol. The molecule has 3 N–H and O–H groups in total. The first-order valence-electron chi connectivity index (χ1n) is 6.80. The molecule has 0 aliphatic carbocycles. The van der Waals surface area contributed by atoms with Gasteiger partial charge < -0.3 is 20.6 Å². The highest BCUT2D eigenvalue weighted by Crippen LogP contribution is 2.34. The summed E-state index contributed by atoms with van der Waals surface area (Å²) in [5.41, 5.74) is 3.50. The maximum absolute atomic E-state index is 12.5. The molecule has 2 atom stereocenters. The summed E-state index contributed by atoms with van der Waals surface area (Å²) in [7, 11) is 0. The molecule has 2 fully saturated rings. The predicted octanol–water partition coefficient (Wildman–Crippen LogP) is 0.243. The van der Waals surface area contributed by atoms with Crippen LogP contribution in [-0.2, 0) is 9.59 Å². The number of amides is 3. The average molecular weight is 283 g/mol. The van der Waals surface area contributed by atoms with Crippen LogP contribution in [0.1, 0.15) is 33.1 Å². The van der Waals surface area contributed by atoms with E-state index in [0.29, 0.717) is 32.4 Å². The van der Waals surface area contributed by atoms with Crippen molar-refractivity contribution in [1.82, 2.24) is 9.80 Å². The van der Waals surface area contributed by atoms with Crippen molar-refractivity contribution < 1.29 is 19.5 Å². The lowest BCUT2D eigenvalue weighted by Crippen LogP contribution is -2.55. The smallest absolute Gasteiger partial charge is 0.329 e. The standard InChI is InChI=1S/C13H21N3O4/c1-12(9(14)17)5-7-15(8-12)11(20)16-6-3-4-13(16,2)10(18)19/h3-8H2,1-2H3,(H2,14,17)(H,18,19). The van der Waals surface area contributed by atoms with Crippen LogP contribution in [-0.4, -0.2) is 58.0 Å². The van der Waals surface area contributed by atoms with Crippen molar-refractivity contribution in [2.45, 2.75) is 38.6 Å². The van der Waals surface area contributed by atoms with Crippen LogP contribution in [0, 0.1) is 5.41 Å². The Kier molecular flexibility index (Phi) is 3.39. The molecule has 2 saturated heterocycles. The summed E-state index contributed by atoms with van der Waals surface area (Å²) in [5.74, 6) is -1.41. The van der Waals surface area contributed by atoms with Crippen LogP contribution in [0.4, 0.5) is 4.79 Å². The van der Waals surface area contributed by atoms with Gasteiger partial charge in [0.1, 0.15) is 5.54 Å². The molecule has 0 bridgehead atoms. The number of rotatable bonds is 2. The number of urea groups is 1. The van der Waals surface area contributed by atoms with Gasteiger partial charge in [0.05, 0.1) is 5.41 Å². The van der Waals surface area contributed by atoms with Crippen molar-refractivity contribution in [2.75, 3.05) is 19.6 Å². The number of nitrogens with two attached hydrogens (primary N) is 1. The second-order valence-corrected chi connectivity index (χ2v) is 6.21. The zero-order valence-corrected chi connectivity index (χ0v) is 11.9. The number of carboxylic acid groups (broad SMARTS) is 1. The number of carbonyl (C=O) groups excluding carboxylic acids is 2.